The fourth-order valence-electron chi connectivity index (χ4n) is 2.36. The number of amides is 3. The number of para-hydroxylation sites is 1. The number of fused-ring (bicyclic) bond motifs is 1. The van der Waals surface area contributed by atoms with E-state index in [1.54, 1.807) is 13.8 Å². The molecule has 112 valence electrons. The quantitative estimate of drug-likeness (QED) is 0.848. The van der Waals surface area contributed by atoms with Gasteiger partial charge in [-0.2, -0.15) is 0 Å². The number of hydrogen-bond acceptors (Lipinski definition) is 3. The van der Waals surface area contributed by atoms with Gasteiger partial charge in [0.2, 0.25) is 17.7 Å². The minimum absolute atomic E-state index is 0.233. The van der Waals surface area contributed by atoms with Gasteiger partial charge in [-0.15, -0.1) is 0 Å². The van der Waals surface area contributed by atoms with Crippen LogP contribution < -0.4 is 10.6 Å². The molecule has 0 fully saturated rings. The van der Waals surface area contributed by atoms with Crippen molar-refractivity contribution in [3.8, 4) is 0 Å². The van der Waals surface area contributed by atoms with E-state index in [1.165, 1.54) is 11.8 Å². The van der Waals surface area contributed by atoms with E-state index >= 15 is 0 Å². The second kappa shape index (κ2) is 5.95. The topological polar surface area (TPSA) is 78.5 Å². The number of rotatable bonds is 2. The van der Waals surface area contributed by atoms with Gasteiger partial charge in [-0.1, -0.05) is 18.2 Å². The van der Waals surface area contributed by atoms with Gasteiger partial charge in [-0.3, -0.25) is 14.4 Å². The fraction of sp³-hybridized carbons (Fsp3) is 0.400. The molecule has 0 radical (unpaired) electrons. The standard InChI is InChI=1S/C15H19N3O3/c1-9(16-11(3)19)15(21)18-8-12-6-4-5-7-13(12)17-14(20)10(18)2/h4-7,9-10H,8H2,1-3H3,(H,16,19)(H,17,20). The second-order valence-electron chi connectivity index (χ2n) is 5.21. The summed E-state index contributed by atoms with van der Waals surface area (Å²) in [6.45, 7) is 4.99. The van der Waals surface area contributed by atoms with Crippen molar-refractivity contribution in [2.45, 2.75) is 39.4 Å². The van der Waals surface area contributed by atoms with Crippen LogP contribution in [0.5, 0.6) is 0 Å². The van der Waals surface area contributed by atoms with Crippen molar-refractivity contribution in [1.82, 2.24) is 10.2 Å². The molecular weight excluding hydrogens is 270 g/mol. The van der Waals surface area contributed by atoms with Gasteiger partial charge < -0.3 is 15.5 Å². The Bertz CT molecular complexity index is 585. The molecule has 0 bridgehead atoms. The molecule has 1 aromatic rings. The van der Waals surface area contributed by atoms with Gasteiger partial charge in [0.1, 0.15) is 12.1 Å². The summed E-state index contributed by atoms with van der Waals surface area (Å²) in [7, 11) is 0. The summed E-state index contributed by atoms with van der Waals surface area (Å²) in [5, 5.41) is 5.37. The van der Waals surface area contributed by atoms with Crippen molar-refractivity contribution in [3.05, 3.63) is 29.8 Å². The van der Waals surface area contributed by atoms with Crippen LogP contribution in [0.3, 0.4) is 0 Å². The van der Waals surface area contributed by atoms with Gasteiger partial charge in [-0.25, -0.2) is 0 Å². The van der Waals surface area contributed by atoms with Crippen molar-refractivity contribution >= 4 is 23.4 Å². The van der Waals surface area contributed by atoms with Crippen LogP contribution in [-0.4, -0.2) is 34.7 Å². The Kier molecular flexibility index (Phi) is 4.26. The van der Waals surface area contributed by atoms with Gasteiger partial charge in [0.05, 0.1) is 0 Å². The molecule has 2 rings (SSSR count). The molecule has 0 aromatic heterocycles. The number of nitrogens with zero attached hydrogens (tertiary/aromatic N) is 1. The van der Waals surface area contributed by atoms with Crippen LogP contribution in [0.2, 0.25) is 0 Å². The maximum atomic E-state index is 12.5. The molecular formula is C15H19N3O3. The first kappa shape index (κ1) is 15.0. The van der Waals surface area contributed by atoms with Crippen LogP contribution in [0.15, 0.2) is 24.3 Å². The Hall–Kier alpha value is -2.37. The van der Waals surface area contributed by atoms with E-state index in [1.807, 2.05) is 24.3 Å². The van der Waals surface area contributed by atoms with Gasteiger partial charge in [-0.05, 0) is 25.5 Å². The summed E-state index contributed by atoms with van der Waals surface area (Å²) < 4.78 is 0. The summed E-state index contributed by atoms with van der Waals surface area (Å²) >= 11 is 0. The molecule has 0 spiro atoms. The zero-order chi connectivity index (χ0) is 15.6. The minimum atomic E-state index is -0.664. The highest BCUT2D eigenvalue weighted by atomic mass is 16.2. The number of carbonyl (C=O) groups excluding carboxylic acids is 3. The van der Waals surface area contributed by atoms with Crippen molar-refractivity contribution in [1.29, 1.82) is 0 Å². The lowest BCUT2D eigenvalue weighted by atomic mass is 10.1. The zero-order valence-corrected chi connectivity index (χ0v) is 12.3. The third-order valence-corrected chi connectivity index (χ3v) is 3.54. The second-order valence-corrected chi connectivity index (χ2v) is 5.21. The number of carbonyl (C=O) groups is 3. The van der Waals surface area contributed by atoms with Gasteiger partial charge in [0.15, 0.2) is 0 Å². The van der Waals surface area contributed by atoms with Crippen molar-refractivity contribution in [3.63, 3.8) is 0 Å². The molecule has 2 atom stereocenters. The van der Waals surface area contributed by atoms with E-state index < -0.39 is 12.1 Å². The normalized spacial score (nSPS) is 19.1. The first-order valence-corrected chi connectivity index (χ1v) is 6.86. The van der Waals surface area contributed by atoms with Crippen LogP contribution in [0.4, 0.5) is 5.69 Å². The molecule has 2 N–H and O–H groups in total. The van der Waals surface area contributed by atoms with Gasteiger partial charge >= 0.3 is 0 Å². The Balaban J connectivity index is 2.28. The third kappa shape index (κ3) is 3.21. The SMILES string of the molecule is CC(=O)NC(C)C(=O)N1Cc2ccccc2NC(=O)C1C. The van der Waals surface area contributed by atoms with Crippen molar-refractivity contribution < 1.29 is 14.4 Å². The highest BCUT2D eigenvalue weighted by Gasteiger charge is 2.32. The molecule has 3 amide bonds. The minimum Gasteiger partial charge on any atom is -0.345 e. The number of anilines is 1. The number of nitrogens with one attached hydrogen (secondary N) is 2. The molecule has 1 aliphatic heterocycles. The molecule has 21 heavy (non-hydrogen) atoms. The lowest BCUT2D eigenvalue weighted by Gasteiger charge is -2.28. The van der Waals surface area contributed by atoms with Crippen LogP contribution in [-0.2, 0) is 20.9 Å². The summed E-state index contributed by atoms with van der Waals surface area (Å²) in [5.41, 5.74) is 1.59. The van der Waals surface area contributed by atoms with E-state index in [0.717, 1.165) is 11.3 Å². The molecule has 1 aromatic carbocycles. The molecule has 6 heteroatoms. The lowest BCUT2D eigenvalue weighted by Crippen LogP contribution is -2.51. The van der Waals surface area contributed by atoms with Crippen LogP contribution >= 0.6 is 0 Å². The fourth-order valence-corrected chi connectivity index (χ4v) is 2.36. The number of benzene rings is 1. The van der Waals surface area contributed by atoms with E-state index in [0.29, 0.717) is 6.54 Å². The monoisotopic (exact) mass is 289 g/mol. The Morgan fingerprint density at radius 3 is 2.71 bits per heavy atom. The smallest absolute Gasteiger partial charge is 0.246 e. The molecule has 0 saturated heterocycles. The first-order valence-electron chi connectivity index (χ1n) is 6.86. The van der Waals surface area contributed by atoms with E-state index in [4.69, 9.17) is 0 Å². The molecule has 1 heterocycles. The molecule has 2 unspecified atom stereocenters. The van der Waals surface area contributed by atoms with Crippen LogP contribution in [0.25, 0.3) is 0 Å². The highest BCUT2D eigenvalue weighted by Crippen LogP contribution is 2.23. The number of hydrogen-bond donors (Lipinski definition) is 2. The van der Waals surface area contributed by atoms with Gasteiger partial charge in [0, 0.05) is 19.2 Å². The molecule has 6 nitrogen and oxygen atoms in total. The van der Waals surface area contributed by atoms with Crippen LogP contribution in [0.1, 0.15) is 26.3 Å². The van der Waals surface area contributed by atoms with E-state index in [9.17, 15) is 14.4 Å². The largest absolute Gasteiger partial charge is 0.345 e. The van der Waals surface area contributed by atoms with Crippen molar-refractivity contribution in [2.75, 3.05) is 5.32 Å². The Morgan fingerprint density at radius 1 is 1.38 bits per heavy atom. The van der Waals surface area contributed by atoms with Gasteiger partial charge in [0.25, 0.3) is 0 Å². The van der Waals surface area contributed by atoms with Crippen molar-refractivity contribution in [2.24, 2.45) is 0 Å². The maximum Gasteiger partial charge on any atom is 0.246 e. The molecule has 0 saturated carbocycles. The summed E-state index contributed by atoms with van der Waals surface area (Å²) in [5.74, 6) is -0.781. The predicted octanol–water partition coefficient (Wildman–Crippen LogP) is 0.880. The Labute approximate surface area is 123 Å². The van der Waals surface area contributed by atoms with Crippen LogP contribution in [0, 0.1) is 0 Å². The zero-order valence-electron chi connectivity index (χ0n) is 12.3. The highest BCUT2D eigenvalue weighted by molar-refractivity contribution is 5.99. The summed E-state index contributed by atoms with van der Waals surface area (Å²) in [4.78, 5) is 37.2. The van der Waals surface area contributed by atoms with E-state index in [-0.39, 0.29) is 17.7 Å². The average molecular weight is 289 g/mol. The molecule has 0 aliphatic carbocycles. The lowest BCUT2D eigenvalue weighted by molar-refractivity contribution is -0.141. The summed E-state index contributed by atoms with van der Waals surface area (Å²) in [6, 6.07) is 6.12. The first-order chi connectivity index (χ1) is 9.90. The molecule has 1 aliphatic rings. The maximum absolute atomic E-state index is 12.5. The average Bonchev–Trinajstić information content (AvgIpc) is 2.55. The Morgan fingerprint density at radius 2 is 2.05 bits per heavy atom. The summed E-state index contributed by atoms with van der Waals surface area (Å²) in [6.07, 6.45) is 0. The third-order valence-electron chi connectivity index (χ3n) is 3.54. The van der Waals surface area contributed by atoms with E-state index in [2.05, 4.69) is 10.6 Å². The predicted molar refractivity (Wildman–Crippen MR) is 78.4 cm³/mol.